The van der Waals surface area contributed by atoms with Crippen LogP contribution in [0.5, 0.6) is 0 Å². The minimum Gasteiger partial charge on any atom is -0.348 e. The molecule has 2 aliphatic heterocycles. The van der Waals surface area contributed by atoms with E-state index < -0.39 is 51.1 Å². The Balaban J connectivity index is 1.73. The fourth-order valence-electron chi connectivity index (χ4n) is 3.55. The lowest BCUT2D eigenvalue weighted by Crippen LogP contribution is -2.44. The van der Waals surface area contributed by atoms with E-state index in [9.17, 15) is 26.8 Å². The van der Waals surface area contributed by atoms with E-state index in [1.807, 2.05) is 0 Å². The smallest absolute Gasteiger partial charge is 0.254 e. The molecule has 2 saturated heterocycles. The van der Waals surface area contributed by atoms with Crippen molar-refractivity contribution in [2.75, 3.05) is 25.4 Å². The van der Waals surface area contributed by atoms with E-state index in [4.69, 9.17) is 0 Å². The second-order valence-electron chi connectivity index (χ2n) is 6.77. The molecule has 2 fully saturated rings. The van der Waals surface area contributed by atoms with Crippen LogP contribution in [0.25, 0.3) is 0 Å². The molecule has 2 amide bonds. The van der Waals surface area contributed by atoms with Gasteiger partial charge in [0.15, 0.2) is 0 Å². The van der Waals surface area contributed by atoms with Gasteiger partial charge in [0.1, 0.15) is 11.6 Å². The molecule has 148 valence electrons. The van der Waals surface area contributed by atoms with Crippen molar-refractivity contribution in [2.45, 2.75) is 31.8 Å². The van der Waals surface area contributed by atoms with E-state index in [0.717, 1.165) is 22.5 Å². The van der Waals surface area contributed by atoms with Crippen LogP contribution in [0.1, 0.15) is 30.1 Å². The first-order valence-corrected chi connectivity index (χ1v) is 10.4. The van der Waals surface area contributed by atoms with Gasteiger partial charge in [0.05, 0.1) is 17.4 Å². The number of amides is 2. The third kappa shape index (κ3) is 3.96. The van der Waals surface area contributed by atoms with Gasteiger partial charge < -0.3 is 5.32 Å². The molecule has 1 aromatic carbocycles. The number of halogens is 2. The van der Waals surface area contributed by atoms with Crippen molar-refractivity contribution < 1.29 is 26.8 Å². The molecule has 0 aromatic heterocycles. The molecule has 2 aliphatic rings. The van der Waals surface area contributed by atoms with Crippen LogP contribution in [0.15, 0.2) is 18.2 Å². The summed E-state index contributed by atoms with van der Waals surface area (Å²) in [6.07, 6.45) is 0.730. The zero-order valence-corrected chi connectivity index (χ0v) is 15.6. The Morgan fingerprint density at radius 2 is 2.07 bits per heavy atom. The summed E-state index contributed by atoms with van der Waals surface area (Å²) in [4.78, 5) is 26.7. The Kier molecular flexibility index (Phi) is 5.48. The summed E-state index contributed by atoms with van der Waals surface area (Å²) in [7, 11) is -3.64. The molecule has 2 atom stereocenters. The molecule has 2 unspecified atom stereocenters. The van der Waals surface area contributed by atoms with Crippen LogP contribution >= 0.6 is 0 Å². The van der Waals surface area contributed by atoms with Crippen molar-refractivity contribution in [1.82, 2.24) is 14.5 Å². The van der Waals surface area contributed by atoms with Gasteiger partial charge in [0.2, 0.25) is 10.0 Å². The molecule has 27 heavy (non-hydrogen) atoms. The molecule has 0 bridgehead atoms. The van der Waals surface area contributed by atoms with Gasteiger partial charge in [-0.05, 0) is 31.0 Å². The molecule has 0 saturated carbocycles. The first-order valence-electron chi connectivity index (χ1n) is 8.77. The number of hydrogen-bond acceptors (Lipinski definition) is 5. The maximum Gasteiger partial charge on any atom is 0.254 e. The Hall–Kier alpha value is -2.07. The molecule has 0 aliphatic carbocycles. The summed E-state index contributed by atoms with van der Waals surface area (Å²) in [5.41, 5.74) is -0.404. The van der Waals surface area contributed by atoms with Crippen LogP contribution in [0.2, 0.25) is 0 Å². The normalized spacial score (nSPS) is 25.1. The number of nitrogens with one attached hydrogen (secondary N) is 1. The zero-order valence-electron chi connectivity index (χ0n) is 14.8. The lowest BCUT2D eigenvalue weighted by molar-refractivity contribution is -0.130. The Bertz CT molecular complexity index is 862. The monoisotopic (exact) mass is 401 g/mol. The summed E-state index contributed by atoms with van der Waals surface area (Å²) < 4.78 is 52.5. The van der Waals surface area contributed by atoms with E-state index in [0.29, 0.717) is 6.42 Å². The predicted octanol–water partition coefficient (Wildman–Crippen LogP) is 0.720. The van der Waals surface area contributed by atoms with Crippen molar-refractivity contribution in [2.24, 2.45) is 0 Å². The molecule has 2 heterocycles. The Morgan fingerprint density at radius 3 is 2.78 bits per heavy atom. The number of sulfonamides is 1. The summed E-state index contributed by atoms with van der Waals surface area (Å²) in [6.45, 7) is 2.36. The van der Waals surface area contributed by atoms with Crippen LogP contribution in [0.3, 0.4) is 0 Å². The number of hydrogen-bond donors (Lipinski definition) is 1. The van der Waals surface area contributed by atoms with Gasteiger partial charge in [-0.3, -0.25) is 14.5 Å². The van der Waals surface area contributed by atoms with E-state index in [-0.39, 0.29) is 31.8 Å². The second kappa shape index (κ2) is 7.51. The van der Waals surface area contributed by atoms with Crippen LogP contribution in [0, 0.1) is 11.6 Å². The van der Waals surface area contributed by atoms with Crippen molar-refractivity contribution in [1.29, 1.82) is 0 Å². The number of fused-ring (bicyclic) bond motifs is 1. The molecule has 0 radical (unpaired) electrons. The Morgan fingerprint density at radius 1 is 1.33 bits per heavy atom. The van der Waals surface area contributed by atoms with Gasteiger partial charge in [-0.25, -0.2) is 21.5 Å². The van der Waals surface area contributed by atoms with Crippen molar-refractivity contribution in [3.8, 4) is 0 Å². The summed E-state index contributed by atoms with van der Waals surface area (Å²) in [6, 6.07) is 1.50. The summed E-state index contributed by atoms with van der Waals surface area (Å²) in [5, 5.41) is 2.62. The van der Waals surface area contributed by atoms with E-state index in [2.05, 4.69) is 5.32 Å². The van der Waals surface area contributed by atoms with Crippen LogP contribution < -0.4 is 5.32 Å². The van der Waals surface area contributed by atoms with E-state index in [1.54, 1.807) is 11.8 Å². The number of carbonyl (C=O) groups is 2. The van der Waals surface area contributed by atoms with Crippen molar-refractivity contribution >= 4 is 21.8 Å². The maximum absolute atomic E-state index is 13.8. The highest BCUT2D eigenvalue weighted by atomic mass is 32.2. The summed E-state index contributed by atoms with van der Waals surface area (Å²) >= 11 is 0. The minimum atomic E-state index is -3.64. The lowest BCUT2D eigenvalue weighted by atomic mass is 10.1. The standard InChI is InChI=1S/C17H21F2N3O4S/c1-2-5-22-17(24)15-9-12(10-21(15)6-7-27(22,25)26)20-16(23)13-8-11(18)3-4-14(13)19/h3-4,8,12,15H,2,5-7,9-10H2,1H3,(H,20,23). The molecule has 10 heteroatoms. The van der Waals surface area contributed by atoms with Crippen LogP contribution in [-0.2, 0) is 14.8 Å². The third-order valence-electron chi connectivity index (χ3n) is 4.84. The third-order valence-corrected chi connectivity index (χ3v) is 6.57. The van der Waals surface area contributed by atoms with Crippen molar-refractivity contribution in [3.05, 3.63) is 35.4 Å². The van der Waals surface area contributed by atoms with Gasteiger partial charge >= 0.3 is 0 Å². The molecule has 0 spiro atoms. The quantitative estimate of drug-likeness (QED) is 0.804. The number of nitrogens with zero attached hydrogens (tertiary/aromatic N) is 2. The molecule has 1 N–H and O–H groups in total. The summed E-state index contributed by atoms with van der Waals surface area (Å²) in [5.74, 6) is -2.99. The minimum absolute atomic E-state index is 0.122. The first kappa shape index (κ1) is 19.7. The number of rotatable bonds is 4. The highest BCUT2D eigenvalue weighted by Gasteiger charge is 2.45. The maximum atomic E-state index is 13.8. The highest BCUT2D eigenvalue weighted by Crippen LogP contribution is 2.25. The van der Waals surface area contributed by atoms with Crippen LogP contribution in [-0.4, -0.2) is 66.9 Å². The van der Waals surface area contributed by atoms with Gasteiger partial charge in [-0.15, -0.1) is 0 Å². The number of benzene rings is 1. The van der Waals surface area contributed by atoms with Gasteiger partial charge in [0.25, 0.3) is 11.8 Å². The number of carbonyl (C=O) groups excluding carboxylic acids is 2. The molecular formula is C17H21F2N3O4S. The Labute approximate surface area is 156 Å². The first-order chi connectivity index (χ1) is 12.7. The van der Waals surface area contributed by atoms with E-state index in [1.165, 1.54) is 0 Å². The zero-order chi connectivity index (χ0) is 19.8. The fourth-order valence-corrected chi connectivity index (χ4v) is 5.09. The fraction of sp³-hybridized carbons (Fsp3) is 0.529. The predicted molar refractivity (Wildman–Crippen MR) is 93.4 cm³/mol. The lowest BCUT2D eigenvalue weighted by Gasteiger charge is -2.23. The average Bonchev–Trinajstić information content (AvgIpc) is 2.98. The van der Waals surface area contributed by atoms with Gasteiger partial charge in [-0.2, -0.15) is 0 Å². The molecular weight excluding hydrogens is 380 g/mol. The van der Waals surface area contributed by atoms with Crippen LogP contribution in [0.4, 0.5) is 8.78 Å². The highest BCUT2D eigenvalue weighted by molar-refractivity contribution is 7.89. The second-order valence-corrected chi connectivity index (χ2v) is 8.78. The molecule has 7 nitrogen and oxygen atoms in total. The van der Waals surface area contributed by atoms with Crippen molar-refractivity contribution in [3.63, 3.8) is 0 Å². The van der Waals surface area contributed by atoms with E-state index >= 15 is 0 Å². The molecule has 3 rings (SSSR count). The van der Waals surface area contributed by atoms with Gasteiger partial charge in [0, 0.05) is 25.7 Å². The van der Waals surface area contributed by atoms with Gasteiger partial charge in [-0.1, -0.05) is 6.92 Å². The average molecular weight is 401 g/mol. The largest absolute Gasteiger partial charge is 0.348 e. The topological polar surface area (TPSA) is 86.8 Å². The SMILES string of the molecule is CCCN1C(=O)C2CC(NC(=O)c3cc(F)ccc3F)CN2CCS1(=O)=O. The molecule has 1 aromatic rings.